The second-order valence-electron chi connectivity index (χ2n) is 6.54. The van der Waals surface area contributed by atoms with E-state index >= 15 is 0 Å². The molecular weight excluding hydrogens is 232 g/mol. The lowest BCUT2D eigenvalue weighted by Gasteiger charge is -2.30. The molecule has 102 valence electrons. The minimum atomic E-state index is -0.966. The highest BCUT2D eigenvalue weighted by Gasteiger charge is 2.44. The largest absolute Gasteiger partial charge is 0.480 e. The van der Waals surface area contributed by atoms with Gasteiger partial charge in [0.05, 0.1) is 5.92 Å². The molecule has 0 aromatic heterocycles. The Morgan fingerprint density at radius 3 is 2.39 bits per heavy atom. The maximum atomic E-state index is 12.2. The van der Waals surface area contributed by atoms with Gasteiger partial charge in [-0.1, -0.05) is 20.8 Å². The summed E-state index contributed by atoms with van der Waals surface area (Å²) < 4.78 is 0. The maximum Gasteiger partial charge on any atom is 0.326 e. The van der Waals surface area contributed by atoms with Crippen molar-refractivity contribution >= 4 is 11.9 Å². The SMILES string of the molecule is CC(C)(C)[C@@H](NC(=O)C1CC2CCC1N2)C(=O)O. The predicted molar refractivity (Wildman–Crippen MR) is 67.1 cm³/mol. The Morgan fingerprint density at radius 1 is 1.33 bits per heavy atom. The van der Waals surface area contributed by atoms with Gasteiger partial charge in [-0.25, -0.2) is 4.79 Å². The van der Waals surface area contributed by atoms with Crippen molar-refractivity contribution in [1.82, 2.24) is 10.6 Å². The molecule has 2 bridgehead atoms. The number of aliphatic carboxylic acids is 1. The number of carbonyl (C=O) groups excluding carboxylic acids is 1. The number of amides is 1. The Morgan fingerprint density at radius 2 is 2.00 bits per heavy atom. The van der Waals surface area contributed by atoms with Crippen molar-refractivity contribution in [2.45, 2.75) is 58.2 Å². The van der Waals surface area contributed by atoms with Crippen LogP contribution in [0.2, 0.25) is 0 Å². The first-order valence-corrected chi connectivity index (χ1v) is 6.58. The standard InChI is InChI=1S/C13H22N2O3/c1-13(2,3)10(12(17)18)15-11(16)8-6-7-4-5-9(8)14-7/h7-10,14H,4-6H2,1-3H3,(H,15,16)(H,17,18)/t7?,8?,9?,10-/m0/s1. The van der Waals surface area contributed by atoms with Crippen molar-refractivity contribution in [2.75, 3.05) is 0 Å². The molecule has 2 aliphatic heterocycles. The number of hydrogen-bond donors (Lipinski definition) is 3. The van der Waals surface area contributed by atoms with Crippen LogP contribution in [0.25, 0.3) is 0 Å². The predicted octanol–water partition coefficient (Wildman–Crippen LogP) is 0.742. The van der Waals surface area contributed by atoms with Gasteiger partial charge in [0.1, 0.15) is 6.04 Å². The summed E-state index contributed by atoms with van der Waals surface area (Å²) in [4.78, 5) is 23.4. The molecule has 0 spiro atoms. The van der Waals surface area contributed by atoms with Gasteiger partial charge in [-0.2, -0.15) is 0 Å². The summed E-state index contributed by atoms with van der Waals surface area (Å²) in [5.74, 6) is -1.14. The number of fused-ring (bicyclic) bond motifs is 2. The van der Waals surface area contributed by atoms with E-state index in [1.807, 2.05) is 20.8 Å². The molecule has 0 radical (unpaired) electrons. The van der Waals surface area contributed by atoms with Crippen LogP contribution in [0.4, 0.5) is 0 Å². The zero-order chi connectivity index (χ0) is 13.5. The second-order valence-corrected chi connectivity index (χ2v) is 6.54. The first-order valence-electron chi connectivity index (χ1n) is 6.58. The Hall–Kier alpha value is -1.10. The summed E-state index contributed by atoms with van der Waals surface area (Å²) in [7, 11) is 0. The molecule has 5 heteroatoms. The summed E-state index contributed by atoms with van der Waals surface area (Å²) in [5, 5.41) is 15.3. The van der Waals surface area contributed by atoms with Gasteiger partial charge in [0.25, 0.3) is 0 Å². The lowest BCUT2D eigenvalue weighted by Crippen LogP contribution is -2.52. The van der Waals surface area contributed by atoms with Gasteiger partial charge in [0.2, 0.25) is 5.91 Å². The zero-order valence-corrected chi connectivity index (χ0v) is 11.2. The minimum Gasteiger partial charge on any atom is -0.480 e. The Balaban J connectivity index is 2.00. The van der Waals surface area contributed by atoms with Crippen LogP contribution in [0.1, 0.15) is 40.0 Å². The molecule has 2 heterocycles. The van der Waals surface area contributed by atoms with Gasteiger partial charge in [0, 0.05) is 12.1 Å². The first kappa shape index (κ1) is 13.3. The maximum absolute atomic E-state index is 12.2. The van der Waals surface area contributed by atoms with E-state index in [0.717, 1.165) is 19.3 Å². The molecule has 2 aliphatic rings. The third-order valence-corrected chi connectivity index (χ3v) is 4.04. The number of carbonyl (C=O) groups is 2. The highest BCUT2D eigenvalue weighted by atomic mass is 16.4. The van der Waals surface area contributed by atoms with E-state index in [2.05, 4.69) is 10.6 Å². The van der Waals surface area contributed by atoms with E-state index in [1.54, 1.807) is 0 Å². The summed E-state index contributed by atoms with van der Waals surface area (Å²) in [5.41, 5.74) is -0.480. The van der Waals surface area contributed by atoms with Crippen LogP contribution in [0, 0.1) is 11.3 Å². The molecule has 0 saturated carbocycles. The van der Waals surface area contributed by atoms with E-state index in [1.165, 1.54) is 0 Å². The van der Waals surface area contributed by atoms with Crippen LogP contribution in [-0.4, -0.2) is 35.1 Å². The summed E-state index contributed by atoms with van der Waals surface area (Å²) in [6, 6.07) is -0.141. The summed E-state index contributed by atoms with van der Waals surface area (Å²) >= 11 is 0. The van der Waals surface area contributed by atoms with Crippen molar-refractivity contribution < 1.29 is 14.7 Å². The second kappa shape index (κ2) is 4.53. The monoisotopic (exact) mass is 254 g/mol. The van der Waals surface area contributed by atoms with Crippen LogP contribution in [0.15, 0.2) is 0 Å². The van der Waals surface area contributed by atoms with E-state index in [0.29, 0.717) is 6.04 Å². The van der Waals surface area contributed by atoms with E-state index in [9.17, 15) is 14.7 Å². The van der Waals surface area contributed by atoms with E-state index < -0.39 is 17.4 Å². The highest BCUT2D eigenvalue weighted by molar-refractivity contribution is 5.86. The fourth-order valence-corrected chi connectivity index (χ4v) is 3.01. The van der Waals surface area contributed by atoms with Gasteiger partial charge >= 0.3 is 5.97 Å². The quantitative estimate of drug-likeness (QED) is 0.694. The van der Waals surface area contributed by atoms with Crippen LogP contribution < -0.4 is 10.6 Å². The number of nitrogens with one attached hydrogen (secondary N) is 2. The minimum absolute atomic E-state index is 0.0621. The molecule has 1 amide bonds. The molecule has 4 atom stereocenters. The van der Waals surface area contributed by atoms with Gasteiger partial charge in [0.15, 0.2) is 0 Å². The number of rotatable bonds is 3. The zero-order valence-electron chi connectivity index (χ0n) is 11.2. The number of hydrogen-bond acceptors (Lipinski definition) is 3. The molecule has 0 aliphatic carbocycles. The normalized spacial score (nSPS) is 32.3. The van der Waals surface area contributed by atoms with Crippen molar-refractivity contribution in [2.24, 2.45) is 11.3 Å². The van der Waals surface area contributed by atoms with Crippen molar-refractivity contribution in [3.05, 3.63) is 0 Å². The fourth-order valence-electron chi connectivity index (χ4n) is 3.01. The lowest BCUT2D eigenvalue weighted by atomic mass is 9.84. The molecule has 3 unspecified atom stereocenters. The molecule has 2 fully saturated rings. The Bertz CT molecular complexity index is 362. The van der Waals surface area contributed by atoms with Crippen molar-refractivity contribution in [1.29, 1.82) is 0 Å². The highest BCUT2D eigenvalue weighted by Crippen LogP contribution is 2.33. The molecule has 2 rings (SSSR count). The van der Waals surface area contributed by atoms with Gasteiger partial charge < -0.3 is 15.7 Å². The molecule has 2 saturated heterocycles. The summed E-state index contributed by atoms with van der Waals surface area (Å²) in [6.07, 6.45) is 3.00. The number of carboxylic acids is 1. The van der Waals surface area contributed by atoms with Crippen LogP contribution in [0.5, 0.6) is 0 Å². The van der Waals surface area contributed by atoms with Crippen LogP contribution >= 0.6 is 0 Å². The summed E-state index contributed by atoms with van der Waals surface area (Å²) in [6.45, 7) is 5.47. The average molecular weight is 254 g/mol. The van der Waals surface area contributed by atoms with Gasteiger partial charge in [-0.05, 0) is 24.7 Å². The van der Waals surface area contributed by atoms with Gasteiger partial charge in [-0.15, -0.1) is 0 Å². The third kappa shape index (κ3) is 2.51. The molecule has 0 aromatic carbocycles. The average Bonchev–Trinajstić information content (AvgIpc) is 2.84. The molecule has 3 N–H and O–H groups in total. The van der Waals surface area contributed by atoms with E-state index in [-0.39, 0.29) is 17.9 Å². The molecule has 0 aromatic rings. The first-order chi connectivity index (χ1) is 8.29. The topological polar surface area (TPSA) is 78.4 Å². The van der Waals surface area contributed by atoms with E-state index in [4.69, 9.17) is 0 Å². The van der Waals surface area contributed by atoms with Crippen molar-refractivity contribution in [3.8, 4) is 0 Å². The molecular formula is C13H22N2O3. The van der Waals surface area contributed by atoms with Crippen LogP contribution in [-0.2, 0) is 9.59 Å². The molecule has 5 nitrogen and oxygen atoms in total. The number of carboxylic acid groups (broad SMARTS) is 1. The smallest absolute Gasteiger partial charge is 0.326 e. The fraction of sp³-hybridized carbons (Fsp3) is 0.846. The lowest BCUT2D eigenvalue weighted by molar-refractivity contribution is -0.145. The van der Waals surface area contributed by atoms with Gasteiger partial charge in [-0.3, -0.25) is 4.79 Å². The van der Waals surface area contributed by atoms with Crippen molar-refractivity contribution in [3.63, 3.8) is 0 Å². The molecule has 18 heavy (non-hydrogen) atoms. The third-order valence-electron chi connectivity index (χ3n) is 4.04. The Kier molecular flexibility index (Phi) is 3.36. The van der Waals surface area contributed by atoms with Crippen LogP contribution in [0.3, 0.4) is 0 Å². The Labute approximate surface area is 107 Å².